The molecule has 106 valence electrons. The molecule has 0 aliphatic rings. The van der Waals surface area contributed by atoms with Crippen LogP contribution in [0.4, 0.5) is 0 Å². The number of carboxylic acids is 1. The maximum Gasteiger partial charge on any atom is 0.336 e. The summed E-state index contributed by atoms with van der Waals surface area (Å²) in [6, 6.07) is 4.94. The second-order valence-electron chi connectivity index (χ2n) is 4.61. The number of aromatic carboxylic acids is 1. The van der Waals surface area contributed by atoms with Crippen molar-refractivity contribution in [1.29, 1.82) is 0 Å². The number of carbonyl (C=O) groups is 1. The number of carboxylic acid groups (broad SMARTS) is 1. The summed E-state index contributed by atoms with van der Waals surface area (Å²) in [5.41, 5.74) is 2.72. The van der Waals surface area contributed by atoms with Crippen LogP contribution in [0.2, 0.25) is 0 Å². The largest absolute Gasteiger partial charge is 0.478 e. The number of hydrogen-bond donors (Lipinski definition) is 1. The van der Waals surface area contributed by atoms with Crippen LogP contribution >= 0.6 is 11.3 Å². The molecule has 0 atom stereocenters. The van der Waals surface area contributed by atoms with Crippen molar-refractivity contribution in [2.75, 3.05) is 0 Å². The van der Waals surface area contributed by atoms with Crippen LogP contribution in [0, 0.1) is 13.8 Å². The minimum absolute atomic E-state index is 0.222. The number of thiophene rings is 1. The van der Waals surface area contributed by atoms with E-state index in [2.05, 4.69) is 9.97 Å². The van der Waals surface area contributed by atoms with Gasteiger partial charge in [0.1, 0.15) is 16.8 Å². The van der Waals surface area contributed by atoms with Crippen LogP contribution in [0.25, 0.3) is 10.2 Å². The average Bonchev–Trinajstić information content (AvgIpc) is 2.84. The Morgan fingerprint density at radius 2 is 2.10 bits per heavy atom. The molecule has 2 heterocycles. The first kappa shape index (κ1) is 13.5. The zero-order chi connectivity index (χ0) is 15.0. The van der Waals surface area contributed by atoms with Crippen LogP contribution < -0.4 is 4.74 Å². The van der Waals surface area contributed by atoms with Crippen molar-refractivity contribution in [3.63, 3.8) is 0 Å². The lowest BCUT2D eigenvalue weighted by Crippen LogP contribution is -2.01. The first-order valence-electron chi connectivity index (χ1n) is 6.27. The molecule has 0 radical (unpaired) electrons. The van der Waals surface area contributed by atoms with Gasteiger partial charge in [0.15, 0.2) is 0 Å². The molecular weight excluding hydrogens is 288 g/mol. The van der Waals surface area contributed by atoms with Crippen molar-refractivity contribution < 1.29 is 14.6 Å². The molecule has 21 heavy (non-hydrogen) atoms. The number of benzene rings is 1. The first-order valence-corrected chi connectivity index (χ1v) is 7.15. The second kappa shape index (κ2) is 5.14. The summed E-state index contributed by atoms with van der Waals surface area (Å²) in [5.74, 6) is -0.0394. The molecule has 0 aliphatic carbocycles. The summed E-state index contributed by atoms with van der Waals surface area (Å²) >= 11 is 1.51. The molecule has 0 amide bonds. The second-order valence-corrected chi connectivity index (χ2v) is 5.49. The van der Waals surface area contributed by atoms with E-state index < -0.39 is 5.97 Å². The number of fused-ring (bicyclic) bond motifs is 1. The third-order valence-corrected chi connectivity index (χ3v) is 4.29. The maximum absolute atomic E-state index is 11.2. The Balaban J connectivity index is 2.07. The summed E-state index contributed by atoms with van der Waals surface area (Å²) in [6.45, 7) is 3.70. The highest BCUT2D eigenvalue weighted by Crippen LogP contribution is 2.34. The van der Waals surface area contributed by atoms with Gasteiger partial charge in [-0.05, 0) is 36.9 Å². The van der Waals surface area contributed by atoms with E-state index in [9.17, 15) is 4.79 Å². The minimum Gasteiger partial charge on any atom is -0.478 e. The summed E-state index contributed by atoms with van der Waals surface area (Å²) in [7, 11) is 0. The van der Waals surface area contributed by atoms with Gasteiger partial charge in [-0.3, -0.25) is 0 Å². The lowest BCUT2D eigenvalue weighted by Gasteiger charge is -2.10. The van der Waals surface area contributed by atoms with E-state index in [1.807, 2.05) is 12.3 Å². The SMILES string of the molecule is Cc1c(Oc2ncnc3c(C)csc23)cccc1C(=O)O. The Kier molecular flexibility index (Phi) is 3.31. The van der Waals surface area contributed by atoms with Crippen LogP contribution in [0.1, 0.15) is 21.5 Å². The highest BCUT2D eigenvalue weighted by molar-refractivity contribution is 7.17. The number of hydrogen-bond acceptors (Lipinski definition) is 5. The van der Waals surface area contributed by atoms with E-state index in [1.54, 1.807) is 25.1 Å². The average molecular weight is 300 g/mol. The quantitative estimate of drug-likeness (QED) is 0.796. The van der Waals surface area contributed by atoms with Crippen LogP contribution in [0.3, 0.4) is 0 Å². The number of aryl methyl sites for hydroxylation is 1. The lowest BCUT2D eigenvalue weighted by molar-refractivity contribution is 0.0695. The van der Waals surface area contributed by atoms with E-state index >= 15 is 0 Å². The summed E-state index contributed by atoms with van der Waals surface area (Å²) in [6.07, 6.45) is 1.45. The molecule has 3 rings (SSSR count). The maximum atomic E-state index is 11.2. The van der Waals surface area contributed by atoms with Crippen LogP contribution in [0.5, 0.6) is 11.6 Å². The normalized spacial score (nSPS) is 10.8. The van der Waals surface area contributed by atoms with Gasteiger partial charge in [0, 0.05) is 5.56 Å². The van der Waals surface area contributed by atoms with Gasteiger partial charge in [0.2, 0.25) is 5.88 Å². The van der Waals surface area contributed by atoms with Crippen molar-refractivity contribution in [3.8, 4) is 11.6 Å². The Bertz CT molecular complexity index is 842. The smallest absolute Gasteiger partial charge is 0.336 e. The van der Waals surface area contributed by atoms with Gasteiger partial charge in [0.25, 0.3) is 0 Å². The van der Waals surface area contributed by atoms with E-state index in [4.69, 9.17) is 9.84 Å². The summed E-state index contributed by atoms with van der Waals surface area (Å²) in [4.78, 5) is 19.6. The predicted octanol–water partition coefficient (Wildman–Crippen LogP) is 3.80. The third kappa shape index (κ3) is 2.34. The van der Waals surface area contributed by atoms with Gasteiger partial charge < -0.3 is 9.84 Å². The number of aromatic nitrogens is 2. The fraction of sp³-hybridized carbons (Fsp3) is 0.133. The molecule has 0 aliphatic heterocycles. The Morgan fingerprint density at radius 3 is 2.86 bits per heavy atom. The first-order chi connectivity index (χ1) is 10.1. The molecule has 5 nitrogen and oxygen atoms in total. The molecule has 6 heteroatoms. The van der Waals surface area contributed by atoms with Gasteiger partial charge in [-0.25, -0.2) is 14.8 Å². The van der Waals surface area contributed by atoms with E-state index in [0.717, 1.165) is 15.8 Å². The van der Waals surface area contributed by atoms with E-state index in [-0.39, 0.29) is 5.56 Å². The Hall–Kier alpha value is -2.47. The van der Waals surface area contributed by atoms with Crippen LogP contribution in [-0.2, 0) is 0 Å². The Morgan fingerprint density at radius 1 is 1.29 bits per heavy atom. The molecule has 0 unspecified atom stereocenters. The lowest BCUT2D eigenvalue weighted by atomic mass is 10.1. The monoisotopic (exact) mass is 300 g/mol. The van der Waals surface area contributed by atoms with Gasteiger partial charge in [-0.1, -0.05) is 6.07 Å². The van der Waals surface area contributed by atoms with E-state index in [0.29, 0.717) is 17.2 Å². The van der Waals surface area contributed by atoms with Gasteiger partial charge in [-0.15, -0.1) is 11.3 Å². The molecule has 0 bridgehead atoms. The topological polar surface area (TPSA) is 72.3 Å². The Labute approximate surface area is 124 Å². The number of rotatable bonds is 3. The molecule has 3 aromatic rings. The summed E-state index contributed by atoms with van der Waals surface area (Å²) in [5, 5.41) is 11.1. The molecule has 0 saturated heterocycles. The minimum atomic E-state index is -0.974. The molecule has 1 aromatic carbocycles. The predicted molar refractivity (Wildman–Crippen MR) is 80.4 cm³/mol. The molecule has 2 aromatic heterocycles. The van der Waals surface area contributed by atoms with Crippen LogP contribution in [0.15, 0.2) is 29.9 Å². The van der Waals surface area contributed by atoms with Crippen molar-refractivity contribution in [1.82, 2.24) is 9.97 Å². The number of ether oxygens (including phenoxy) is 1. The standard InChI is InChI=1S/C15H12N2O3S/c1-8-6-21-13-12(8)16-7-17-14(13)20-11-5-3-4-10(9(11)2)15(18)19/h3-7H,1-2H3,(H,18,19). The van der Waals surface area contributed by atoms with Crippen molar-refractivity contribution in [2.24, 2.45) is 0 Å². The zero-order valence-electron chi connectivity index (χ0n) is 11.5. The van der Waals surface area contributed by atoms with Crippen LogP contribution in [-0.4, -0.2) is 21.0 Å². The molecular formula is C15H12N2O3S. The van der Waals surface area contributed by atoms with Gasteiger partial charge in [-0.2, -0.15) is 0 Å². The molecule has 1 N–H and O–H groups in total. The fourth-order valence-corrected chi connectivity index (χ4v) is 3.01. The highest BCUT2D eigenvalue weighted by atomic mass is 32.1. The summed E-state index contributed by atoms with van der Waals surface area (Å²) < 4.78 is 6.68. The molecule has 0 saturated carbocycles. The van der Waals surface area contributed by atoms with E-state index in [1.165, 1.54) is 17.7 Å². The van der Waals surface area contributed by atoms with Crippen molar-refractivity contribution in [3.05, 3.63) is 46.6 Å². The third-order valence-electron chi connectivity index (χ3n) is 3.22. The zero-order valence-corrected chi connectivity index (χ0v) is 12.3. The van der Waals surface area contributed by atoms with Gasteiger partial charge in [0.05, 0.1) is 11.1 Å². The molecule has 0 fully saturated rings. The molecule has 0 spiro atoms. The van der Waals surface area contributed by atoms with Crippen molar-refractivity contribution >= 4 is 27.5 Å². The van der Waals surface area contributed by atoms with Crippen molar-refractivity contribution in [2.45, 2.75) is 13.8 Å². The number of nitrogens with zero attached hydrogens (tertiary/aromatic N) is 2. The fourth-order valence-electron chi connectivity index (χ4n) is 2.08. The highest BCUT2D eigenvalue weighted by Gasteiger charge is 2.14. The van der Waals surface area contributed by atoms with Gasteiger partial charge >= 0.3 is 5.97 Å².